The maximum atomic E-state index is 12.2. The number of anilines is 1. The molecule has 0 spiro atoms. The Balaban J connectivity index is 2.02. The zero-order valence-corrected chi connectivity index (χ0v) is 16.3. The van der Waals surface area contributed by atoms with Gasteiger partial charge in [0.25, 0.3) is 5.91 Å². The van der Waals surface area contributed by atoms with E-state index in [1.54, 1.807) is 11.4 Å². The molecular weight excluding hydrogens is 392 g/mol. The van der Waals surface area contributed by atoms with Gasteiger partial charge in [-0.05, 0) is 30.0 Å². The molecule has 27 heavy (non-hydrogen) atoms. The van der Waals surface area contributed by atoms with Gasteiger partial charge in [-0.25, -0.2) is 4.79 Å². The standard InChI is InChI=1S/C18H17ClN2O5S/c1-3-5-25-16-13(19)7-12(8-14(16)24-2)18(23)26-10-15(22)21-17-11(9-20)4-6-27-17/h4,6-8H,3,5,10H2,1-2H3,(H,21,22). The van der Waals surface area contributed by atoms with Crippen LogP contribution in [0.4, 0.5) is 5.00 Å². The average Bonchev–Trinajstić information content (AvgIpc) is 3.11. The molecule has 0 unspecified atom stereocenters. The predicted octanol–water partition coefficient (Wildman–Crippen LogP) is 3.87. The van der Waals surface area contributed by atoms with Crippen LogP contribution in [0.15, 0.2) is 23.6 Å². The largest absolute Gasteiger partial charge is 0.493 e. The smallest absolute Gasteiger partial charge is 0.338 e. The molecule has 1 aromatic heterocycles. The topological polar surface area (TPSA) is 97.6 Å². The van der Waals surface area contributed by atoms with Crippen molar-refractivity contribution in [1.29, 1.82) is 5.26 Å². The third kappa shape index (κ3) is 5.36. The van der Waals surface area contributed by atoms with E-state index in [0.717, 1.165) is 6.42 Å². The number of carbonyl (C=O) groups is 2. The van der Waals surface area contributed by atoms with Gasteiger partial charge in [0.2, 0.25) is 0 Å². The normalized spacial score (nSPS) is 10.0. The molecule has 0 bridgehead atoms. The van der Waals surface area contributed by atoms with Crippen LogP contribution in [0.5, 0.6) is 11.5 Å². The van der Waals surface area contributed by atoms with Gasteiger partial charge in [0.05, 0.1) is 29.9 Å². The Morgan fingerprint density at radius 3 is 2.81 bits per heavy atom. The Bertz CT molecular complexity index is 875. The summed E-state index contributed by atoms with van der Waals surface area (Å²) in [5.41, 5.74) is 0.473. The maximum absolute atomic E-state index is 12.2. The number of amides is 1. The van der Waals surface area contributed by atoms with Crippen molar-refractivity contribution in [3.8, 4) is 17.6 Å². The van der Waals surface area contributed by atoms with Gasteiger partial charge in [0, 0.05) is 0 Å². The van der Waals surface area contributed by atoms with Gasteiger partial charge < -0.3 is 19.5 Å². The molecule has 0 saturated heterocycles. The molecule has 0 saturated carbocycles. The van der Waals surface area contributed by atoms with E-state index in [1.807, 2.05) is 13.0 Å². The van der Waals surface area contributed by atoms with Crippen LogP contribution >= 0.6 is 22.9 Å². The lowest BCUT2D eigenvalue weighted by atomic mass is 10.2. The second-order valence-corrected chi connectivity index (χ2v) is 6.56. The summed E-state index contributed by atoms with van der Waals surface area (Å²) in [6.07, 6.45) is 0.788. The average molecular weight is 409 g/mol. The molecule has 0 aliphatic carbocycles. The highest BCUT2D eigenvalue weighted by molar-refractivity contribution is 7.14. The van der Waals surface area contributed by atoms with Gasteiger partial charge in [0.1, 0.15) is 11.1 Å². The van der Waals surface area contributed by atoms with Gasteiger partial charge in [-0.1, -0.05) is 18.5 Å². The van der Waals surface area contributed by atoms with Crippen LogP contribution in [0.2, 0.25) is 5.02 Å². The number of carbonyl (C=O) groups excluding carboxylic acids is 2. The number of rotatable bonds is 8. The van der Waals surface area contributed by atoms with E-state index in [4.69, 9.17) is 31.1 Å². The number of thiophene rings is 1. The summed E-state index contributed by atoms with van der Waals surface area (Å²) < 4.78 is 15.7. The summed E-state index contributed by atoms with van der Waals surface area (Å²) in [5, 5.41) is 13.7. The molecule has 1 heterocycles. The number of hydrogen-bond donors (Lipinski definition) is 1. The highest BCUT2D eigenvalue weighted by Crippen LogP contribution is 2.36. The zero-order chi connectivity index (χ0) is 19.8. The Labute approximate surface area is 165 Å². The van der Waals surface area contributed by atoms with Gasteiger partial charge >= 0.3 is 5.97 Å². The highest BCUT2D eigenvalue weighted by atomic mass is 35.5. The zero-order valence-electron chi connectivity index (χ0n) is 14.7. The fourth-order valence-corrected chi connectivity index (χ4v) is 3.07. The first-order chi connectivity index (χ1) is 13.0. The van der Waals surface area contributed by atoms with E-state index in [1.165, 1.54) is 30.6 Å². The monoisotopic (exact) mass is 408 g/mol. The summed E-state index contributed by atoms with van der Waals surface area (Å²) in [5.74, 6) is -0.649. The Kier molecular flexibility index (Phi) is 7.46. The molecule has 142 valence electrons. The van der Waals surface area contributed by atoms with Gasteiger partial charge in [-0.2, -0.15) is 5.26 Å². The molecule has 2 aromatic rings. The van der Waals surface area contributed by atoms with E-state index in [2.05, 4.69) is 5.32 Å². The van der Waals surface area contributed by atoms with Crippen LogP contribution in [0, 0.1) is 11.3 Å². The van der Waals surface area contributed by atoms with Crippen molar-refractivity contribution in [1.82, 2.24) is 0 Å². The van der Waals surface area contributed by atoms with Crippen molar-refractivity contribution in [2.45, 2.75) is 13.3 Å². The summed E-state index contributed by atoms with van der Waals surface area (Å²) in [7, 11) is 1.43. The minimum Gasteiger partial charge on any atom is -0.493 e. The number of esters is 1. The molecule has 0 aliphatic rings. The number of methoxy groups -OCH3 is 1. The number of hydrogen-bond acceptors (Lipinski definition) is 7. The molecule has 2 rings (SSSR count). The quantitative estimate of drug-likeness (QED) is 0.666. The fraction of sp³-hybridized carbons (Fsp3) is 0.278. The third-order valence-corrected chi connectivity index (χ3v) is 4.40. The van der Waals surface area contributed by atoms with Gasteiger partial charge in [-0.3, -0.25) is 4.79 Å². The summed E-state index contributed by atoms with van der Waals surface area (Å²) in [6.45, 7) is 1.90. The molecule has 1 N–H and O–H groups in total. The maximum Gasteiger partial charge on any atom is 0.338 e. The number of halogens is 1. The van der Waals surface area contributed by atoms with Crippen LogP contribution in [0.25, 0.3) is 0 Å². The number of benzene rings is 1. The summed E-state index contributed by atoms with van der Waals surface area (Å²) in [6, 6.07) is 6.37. The summed E-state index contributed by atoms with van der Waals surface area (Å²) in [4.78, 5) is 24.1. The molecule has 1 amide bonds. The van der Waals surface area contributed by atoms with E-state index >= 15 is 0 Å². The van der Waals surface area contributed by atoms with Crippen molar-refractivity contribution in [2.75, 3.05) is 25.6 Å². The number of nitrogens with one attached hydrogen (secondary N) is 1. The lowest BCUT2D eigenvalue weighted by Crippen LogP contribution is -2.20. The number of nitrogens with zero attached hydrogens (tertiary/aromatic N) is 1. The molecule has 7 nitrogen and oxygen atoms in total. The van der Waals surface area contributed by atoms with Gasteiger partial charge in [0.15, 0.2) is 18.1 Å². The van der Waals surface area contributed by atoms with E-state index in [0.29, 0.717) is 28.7 Å². The number of nitriles is 1. The first kappa shape index (κ1) is 20.6. The van der Waals surface area contributed by atoms with Crippen LogP contribution in [-0.4, -0.2) is 32.2 Å². The number of ether oxygens (including phenoxy) is 3. The van der Waals surface area contributed by atoms with Crippen LogP contribution in [0.1, 0.15) is 29.3 Å². The van der Waals surface area contributed by atoms with Crippen molar-refractivity contribution in [2.24, 2.45) is 0 Å². The minimum atomic E-state index is -0.737. The van der Waals surface area contributed by atoms with Gasteiger partial charge in [-0.15, -0.1) is 11.3 Å². The van der Waals surface area contributed by atoms with Crippen molar-refractivity contribution in [3.05, 3.63) is 39.7 Å². The second-order valence-electron chi connectivity index (χ2n) is 5.24. The van der Waals surface area contributed by atoms with E-state index in [9.17, 15) is 9.59 Å². The van der Waals surface area contributed by atoms with Crippen molar-refractivity contribution < 1.29 is 23.8 Å². The lowest BCUT2D eigenvalue weighted by Gasteiger charge is -2.13. The SMILES string of the molecule is CCCOc1c(Cl)cc(C(=O)OCC(=O)Nc2sccc2C#N)cc1OC. The summed E-state index contributed by atoms with van der Waals surface area (Å²) >= 11 is 7.37. The third-order valence-electron chi connectivity index (χ3n) is 3.29. The van der Waals surface area contributed by atoms with Crippen LogP contribution < -0.4 is 14.8 Å². The Hall–Kier alpha value is -2.76. The van der Waals surface area contributed by atoms with E-state index < -0.39 is 18.5 Å². The second kappa shape index (κ2) is 9.80. The minimum absolute atomic E-state index is 0.127. The Morgan fingerprint density at radius 1 is 1.37 bits per heavy atom. The molecular formula is C18H17ClN2O5S. The predicted molar refractivity (Wildman–Crippen MR) is 102 cm³/mol. The molecule has 9 heteroatoms. The van der Waals surface area contributed by atoms with Crippen molar-refractivity contribution >= 4 is 39.8 Å². The molecule has 0 radical (unpaired) electrons. The van der Waals surface area contributed by atoms with Crippen LogP contribution in [0.3, 0.4) is 0 Å². The molecule has 0 aliphatic heterocycles. The Morgan fingerprint density at radius 2 is 2.15 bits per heavy atom. The fourth-order valence-electron chi connectivity index (χ4n) is 2.05. The molecule has 1 aromatic carbocycles. The first-order valence-corrected chi connectivity index (χ1v) is 9.20. The van der Waals surface area contributed by atoms with Crippen LogP contribution in [-0.2, 0) is 9.53 Å². The lowest BCUT2D eigenvalue weighted by molar-refractivity contribution is -0.119. The highest BCUT2D eigenvalue weighted by Gasteiger charge is 2.18. The van der Waals surface area contributed by atoms with Crippen molar-refractivity contribution in [3.63, 3.8) is 0 Å². The molecule has 0 fully saturated rings. The first-order valence-electron chi connectivity index (χ1n) is 7.95. The van der Waals surface area contributed by atoms with E-state index in [-0.39, 0.29) is 10.6 Å². The molecule has 0 atom stereocenters.